The van der Waals surface area contributed by atoms with E-state index >= 15 is 0 Å². The van der Waals surface area contributed by atoms with E-state index in [0.29, 0.717) is 12.3 Å². The summed E-state index contributed by atoms with van der Waals surface area (Å²) in [5.74, 6) is 0.163. The maximum absolute atomic E-state index is 13.3. The van der Waals surface area contributed by atoms with Crippen LogP contribution in [0.4, 0.5) is 10.1 Å². The minimum atomic E-state index is -0.285. The van der Waals surface area contributed by atoms with Gasteiger partial charge in [-0.3, -0.25) is 4.79 Å². The van der Waals surface area contributed by atoms with Crippen molar-refractivity contribution in [3.8, 4) is 5.75 Å². The SMILES string of the molecule is C=C1CC[C@H](CC(CCC)NC(=O)Cc2cccc(O)c2)[C@@]1(C)C/C(C=N)=C(\C)Nc1ccc(F)cc1. The summed E-state index contributed by atoms with van der Waals surface area (Å²) in [6.07, 6.45) is 6.97. The van der Waals surface area contributed by atoms with E-state index in [-0.39, 0.29) is 35.4 Å². The lowest BCUT2D eigenvalue weighted by molar-refractivity contribution is -0.121. The van der Waals surface area contributed by atoms with Gasteiger partial charge in [0.05, 0.1) is 6.42 Å². The molecule has 1 saturated carbocycles. The Morgan fingerprint density at radius 1 is 1.30 bits per heavy atom. The number of hydrogen-bond acceptors (Lipinski definition) is 4. The number of halogens is 1. The summed E-state index contributed by atoms with van der Waals surface area (Å²) in [6.45, 7) is 10.7. The first-order valence-corrected chi connectivity index (χ1v) is 13.1. The Labute approximate surface area is 220 Å². The zero-order valence-corrected chi connectivity index (χ0v) is 22.2. The van der Waals surface area contributed by atoms with Crippen molar-refractivity contribution in [1.29, 1.82) is 5.41 Å². The maximum atomic E-state index is 13.3. The Hall–Kier alpha value is -3.41. The number of carbonyl (C=O) groups excluding carboxylic acids is 1. The molecule has 1 amide bonds. The van der Waals surface area contributed by atoms with Gasteiger partial charge in [0.25, 0.3) is 0 Å². The van der Waals surface area contributed by atoms with Crippen LogP contribution in [0.1, 0.15) is 64.9 Å². The van der Waals surface area contributed by atoms with Crippen LogP contribution in [-0.2, 0) is 11.2 Å². The third-order valence-corrected chi connectivity index (χ3v) is 7.74. The largest absolute Gasteiger partial charge is 0.508 e. The van der Waals surface area contributed by atoms with Gasteiger partial charge in [0.1, 0.15) is 11.6 Å². The predicted octanol–water partition coefficient (Wildman–Crippen LogP) is 7.15. The van der Waals surface area contributed by atoms with Gasteiger partial charge >= 0.3 is 0 Å². The summed E-state index contributed by atoms with van der Waals surface area (Å²) >= 11 is 0. The standard InChI is InChI=1S/C31H40FN3O2/c1-5-7-28(35-30(37)17-23-8-6-9-29(36)16-23)18-25-11-10-21(2)31(25,4)19-24(20-33)22(3)34-27-14-12-26(32)13-15-27/h6,8-9,12-16,20,25,28,33-34,36H,2,5,7,10-11,17-19H2,1,3-4H3,(H,35,37)/b24-22-,33-20?/t25-,28?,31+/m1/s1. The molecule has 0 heterocycles. The van der Waals surface area contributed by atoms with Gasteiger partial charge in [-0.1, -0.05) is 44.6 Å². The first-order valence-electron chi connectivity index (χ1n) is 13.1. The minimum Gasteiger partial charge on any atom is -0.508 e. The molecule has 3 atom stereocenters. The molecule has 6 heteroatoms. The van der Waals surface area contributed by atoms with Gasteiger partial charge in [-0.25, -0.2) is 4.39 Å². The fourth-order valence-corrected chi connectivity index (χ4v) is 5.48. The lowest BCUT2D eigenvalue weighted by Gasteiger charge is -2.36. The van der Waals surface area contributed by atoms with Gasteiger partial charge in [0, 0.05) is 23.6 Å². The average Bonchev–Trinajstić information content (AvgIpc) is 3.12. The van der Waals surface area contributed by atoms with Gasteiger partial charge in [0.15, 0.2) is 0 Å². The minimum absolute atomic E-state index is 0.0398. The molecule has 1 unspecified atom stereocenters. The number of phenolic OH excluding ortho intramolecular Hbond substituents is 1. The van der Waals surface area contributed by atoms with Crippen molar-refractivity contribution in [3.05, 3.63) is 83.3 Å². The second-order valence-corrected chi connectivity index (χ2v) is 10.5. The lowest BCUT2D eigenvalue weighted by atomic mass is 9.70. The van der Waals surface area contributed by atoms with Crippen molar-refractivity contribution in [3.63, 3.8) is 0 Å². The van der Waals surface area contributed by atoms with E-state index in [0.717, 1.165) is 54.6 Å². The summed E-state index contributed by atoms with van der Waals surface area (Å²) in [7, 11) is 0. The number of benzene rings is 2. The van der Waals surface area contributed by atoms with Crippen molar-refractivity contribution >= 4 is 17.8 Å². The molecule has 2 aromatic rings. The molecule has 1 aliphatic carbocycles. The molecule has 0 bridgehead atoms. The normalized spacial score (nSPS) is 20.8. The second-order valence-electron chi connectivity index (χ2n) is 10.5. The van der Waals surface area contributed by atoms with Gasteiger partial charge < -0.3 is 21.1 Å². The number of rotatable bonds is 12. The molecule has 2 aromatic carbocycles. The van der Waals surface area contributed by atoms with Crippen LogP contribution in [0.2, 0.25) is 0 Å². The molecular weight excluding hydrogens is 465 g/mol. The number of phenols is 1. The zero-order chi connectivity index (χ0) is 27.0. The van der Waals surface area contributed by atoms with E-state index in [1.165, 1.54) is 23.9 Å². The number of nitrogens with one attached hydrogen (secondary N) is 3. The van der Waals surface area contributed by atoms with E-state index in [4.69, 9.17) is 5.41 Å². The molecule has 5 nitrogen and oxygen atoms in total. The molecule has 0 aliphatic heterocycles. The van der Waals surface area contributed by atoms with E-state index in [1.807, 2.05) is 13.0 Å². The van der Waals surface area contributed by atoms with E-state index in [2.05, 4.69) is 31.1 Å². The highest BCUT2D eigenvalue weighted by Crippen LogP contribution is 2.52. The van der Waals surface area contributed by atoms with E-state index in [9.17, 15) is 14.3 Å². The van der Waals surface area contributed by atoms with Crippen LogP contribution in [0.5, 0.6) is 5.75 Å². The Bertz CT molecular complexity index is 1140. The molecule has 0 spiro atoms. The Morgan fingerprint density at radius 3 is 2.68 bits per heavy atom. The highest BCUT2D eigenvalue weighted by molar-refractivity contribution is 5.79. The van der Waals surface area contributed by atoms with Crippen LogP contribution in [0.15, 0.2) is 72.0 Å². The summed E-state index contributed by atoms with van der Waals surface area (Å²) in [5.41, 5.74) is 4.32. The Balaban J connectivity index is 1.72. The van der Waals surface area contributed by atoms with Gasteiger partial charge in [-0.05, 0) is 97.9 Å². The van der Waals surface area contributed by atoms with Crippen LogP contribution in [-0.4, -0.2) is 23.3 Å². The van der Waals surface area contributed by atoms with E-state index in [1.54, 1.807) is 30.3 Å². The predicted molar refractivity (Wildman–Crippen MR) is 149 cm³/mol. The number of carbonyl (C=O) groups is 1. The van der Waals surface area contributed by atoms with Crippen LogP contribution < -0.4 is 10.6 Å². The number of hydrogen-bond donors (Lipinski definition) is 4. The van der Waals surface area contributed by atoms with Crippen molar-refractivity contribution in [2.75, 3.05) is 5.32 Å². The first kappa shape index (κ1) is 28.2. The summed E-state index contributed by atoms with van der Waals surface area (Å²) in [4.78, 5) is 12.8. The highest BCUT2D eigenvalue weighted by atomic mass is 19.1. The molecule has 37 heavy (non-hydrogen) atoms. The molecule has 0 aromatic heterocycles. The van der Waals surface area contributed by atoms with Crippen molar-refractivity contribution in [1.82, 2.24) is 5.32 Å². The number of amides is 1. The summed E-state index contributed by atoms with van der Waals surface area (Å²) in [6, 6.07) is 13.1. The fourth-order valence-electron chi connectivity index (χ4n) is 5.48. The number of anilines is 1. The van der Waals surface area contributed by atoms with Crippen molar-refractivity contribution in [2.24, 2.45) is 11.3 Å². The van der Waals surface area contributed by atoms with Crippen LogP contribution in [0, 0.1) is 22.6 Å². The molecule has 1 aliphatic rings. The fraction of sp³-hybridized carbons (Fsp3) is 0.419. The molecular formula is C31H40FN3O2. The van der Waals surface area contributed by atoms with Crippen molar-refractivity contribution < 1.29 is 14.3 Å². The number of aromatic hydroxyl groups is 1. The topological polar surface area (TPSA) is 85.2 Å². The maximum Gasteiger partial charge on any atom is 0.224 e. The van der Waals surface area contributed by atoms with Crippen LogP contribution >= 0.6 is 0 Å². The highest BCUT2D eigenvalue weighted by Gasteiger charge is 2.43. The Kier molecular flexibility index (Phi) is 9.67. The summed E-state index contributed by atoms with van der Waals surface area (Å²) < 4.78 is 13.3. The number of allylic oxidation sites excluding steroid dienone is 3. The molecule has 198 valence electrons. The van der Waals surface area contributed by atoms with Gasteiger partial charge in [-0.2, -0.15) is 0 Å². The molecule has 3 rings (SSSR count). The third-order valence-electron chi connectivity index (χ3n) is 7.74. The average molecular weight is 506 g/mol. The molecule has 4 N–H and O–H groups in total. The van der Waals surface area contributed by atoms with Gasteiger partial charge in [0.2, 0.25) is 5.91 Å². The molecule has 1 fully saturated rings. The van der Waals surface area contributed by atoms with Crippen LogP contribution in [0.25, 0.3) is 0 Å². The first-order chi connectivity index (χ1) is 17.6. The Morgan fingerprint density at radius 2 is 2.03 bits per heavy atom. The molecule has 0 saturated heterocycles. The van der Waals surface area contributed by atoms with E-state index < -0.39 is 0 Å². The smallest absolute Gasteiger partial charge is 0.224 e. The second kappa shape index (κ2) is 12.7. The summed E-state index contributed by atoms with van der Waals surface area (Å²) in [5, 5.41) is 24.4. The molecule has 0 radical (unpaired) electrons. The third kappa shape index (κ3) is 7.54. The zero-order valence-electron chi connectivity index (χ0n) is 22.2. The van der Waals surface area contributed by atoms with Crippen molar-refractivity contribution in [2.45, 2.75) is 71.8 Å². The quantitative estimate of drug-likeness (QED) is 0.183. The lowest BCUT2D eigenvalue weighted by Crippen LogP contribution is -2.39. The monoisotopic (exact) mass is 505 g/mol. The van der Waals surface area contributed by atoms with Gasteiger partial charge in [-0.15, -0.1) is 0 Å². The van der Waals surface area contributed by atoms with Crippen LogP contribution in [0.3, 0.4) is 0 Å².